The second-order valence-corrected chi connectivity index (χ2v) is 5.64. The SMILES string of the molecule is COc1c(Cl)cc(Cl)cc1C(=O)NC(=S)Nc1ccc(F)cc1. The summed E-state index contributed by atoms with van der Waals surface area (Å²) in [5, 5.41) is 5.78. The van der Waals surface area contributed by atoms with Crippen LogP contribution in [0.1, 0.15) is 10.4 Å². The lowest BCUT2D eigenvalue weighted by atomic mass is 10.2. The zero-order valence-corrected chi connectivity index (χ0v) is 14.2. The van der Waals surface area contributed by atoms with Crippen molar-refractivity contribution in [2.24, 2.45) is 0 Å². The van der Waals surface area contributed by atoms with Crippen LogP contribution in [0.15, 0.2) is 36.4 Å². The fraction of sp³-hybridized carbons (Fsp3) is 0.0667. The Labute approximate surface area is 147 Å². The molecule has 0 heterocycles. The third-order valence-electron chi connectivity index (χ3n) is 2.79. The molecule has 0 aromatic heterocycles. The van der Waals surface area contributed by atoms with Crippen molar-refractivity contribution < 1.29 is 13.9 Å². The Morgan fingerprint density at radius 1 is 1.22 bits per heavy atom. The smallest absolute Gasteiger partial charge is 0.261 e. The summed E-state index contributed by atoms with van der Waals surface area (Å²) in [6.07, 6.45) is 0. The second-order valence-electron chi connectivity index (χ2n) is 4.38. The van der Waals surface area contributed by atoms with Gasteiger partial charge in [0.1, 0.15) is 11.6 Å². The fourth-order valence-electron chi connectivity index (χ4n) is 1.80. The lowest BCUT2D eigenvalue weighted by Gasteiger charge is -2.13. The highest BCUT2D eigenvalue weighted by molar-refractivity contribution is 7.80. The minimum atomic E-state index is -0.536. The first-order valence-corrected chi connectivity index (χ1v) is 7.48. The number of methoxy groups -OCH3 is 1. The zero-order valence-electron chi connectivity index (χ0n) is 11.8. The number of hydrogen-bond donors (Lipinski definition) is 2. The summed E-state index contributed by atoms with van der Waals surface area (Å²) in [4.78, 5) is 12.3. The van der Waals surface area contributed by atoms with Gasteiger partial charge >= 0.3 is 0 Å². The van der Waals surface area contributed by atoms with E-state index in [0.29, 0.717) is 10.7 Å². The van der Waals surface area contributed by atoms with Crippen LogP contribution in [-0.2, 0) is 0 Å². The van der Waals surface area contributed by atoms with E-state index in [-0.39, 0.29) is 27.3 Å². The van der Waals surface area contributed by atoms with Gasteiger partial charge in [-0.05, 0) is 48.6 Å². The maximum atomic E-state index is 12.8. The Balaban J connectivity index is 2.12. The van der Waals surface area contributed by atoms with Gasteiger partial charge in [-0.15, -0.1) is 0 Å². The summed E-state index contributed by atoms with van der Waals surface area (Å²) in [6, 6.07) is 8.41. The van der Waals surface area contributed by atoms with Crippen molar-refractivity contribution in [1.29, 1.82) is 0 Å². The Kier molecular flexibility index (Phi) is 5.76. The lowest BCUT2D eigenvalue weighted by molar-refractivity contribution is 0.0975. The molecule has 0 atom stereocenters. The molecule has 4 nitrogen and oxygen atoms in total. The van der Waals surface area contributed by atoms with Crippen LogP contribution in [0.25, 0.3) is 0 Å². The van der Waals surface area contributed by atoms with Crippen LogP contribution in [0, 0.1) is 5.82 Å². The van der Waals surface area contributed by atoms with Crippen molar-refractivity contribution in [3.8, 4) is 5.75 Å². The van der Waals surface area contributed by atoms with Gasteiger partial charge in [-0.3, -0.25) is 10.1 Å². The Bertz CT molecular complexity index is 754. The highest BCUT2D eigenvalue weighted by Crippen LogP contribution is 2.32. The zero-order chi connectivity index (χ0) is 17.0. The van der Waals surface area contributed by atoms with Crippen molar-refractivity contribution in [3.63, 3.8) is 0 Å². The average Bonchev–Trinajstić information content (AvgIpc) is 2.48. The molecule has 0 bridgehead atoms. The molecule has 0 aliphatic heterocycles. The summed E-state index contributed by atoms with van der Waals surface area (Å²) in [6.45, 7) is 0. The van der Waals surface area contributed by atoms with E-state index in [4.69, 9.17) is 40.2 Å². The van der Waals surface area contributed by atoms with Gasteiger partial charge in [-0.1, -0.05) is 23.2 Å². The predicted molar refractivity (Wildman–Crippen MR) is 93.1 cm³/mol. The largest absolute Gasteiger partial charge is 0.494 e. The van der Waals surface area contributed by atoms with Crippen molar-refractivity contribution in [2.45, 2.75) is 0 Å². The molecule has 0 spiro atoms. The molecular weight excluding hydrogens is 362 g/mol. The van der Waals surface area contributed by atoms with E-state index in [1.54, 1.807) is 0 Å². The predicted octanol–water partition coefficient (Wildman–Crippen LogP) is 4.27. The molecule has 2 aromatic rings. The Morgan fingerprint density at radius 2 is 1.87 bits per heavy atom. The molecule has 0 saturated carbocycles. The highest BCUT2D eigenvalue weighted by Gasteiger charge is 2.17. The molecule has 0 aliphatic rings. The molecule has 120 valence electrons. The van der Waals surface area contributed by atoms with Crippen molar-refractivity contribution in [3.05, 3.63) is 57.8 Å². The number of hydrogen-bond acceptors (Lipinski definition) is 3. The molecule has 2 N–H and O–H groups in total. The summed E-state index contributed by atoms with van der Waals surface area (Å²) >= 11 is 16.9. The van der Waals surface area contributed by atoms with Crippen LogP contribution in [0.2, 0.25) is 10.0 Å². The number of nitrogens with one attached hydrogen (secondary N) is 2. The van der Waals surface area contributed by atoms with Crippen molar-refractivity contribution in [2.75, 3.05) is 12.4 Å². The van der Waals surface area contributed by atoms with E-state index < -0.39 is 5.91 Å². The molecule has 1 amide bonds. The van der Waals surface area contributed by atoms with Gasteiger partial charge in [0.15, 0.2) is 5.11 Å². The first-order valence-electron chi connectivity index (χ1n) is 6.31. The maximum absolute atomic E-state index is 12.8. The van der Waals surface area contributed by atoms with Crippen LogP contribution in [0.3, 0.4) is 0 Å². The molecule has 23 heavy (non-hydrogen) atoms. The Hall–Kier alpha value is -1.89. The molecular formula is C15H11Cl2FN2O2S. The van der Waals surface area contributed by atoms with Crippen LogP contribution in [-0.4, -0.2) is 18.1 Å². The molecule has 0 radical (unpaired) electrons. The number of halogens is 3. The van der Waals surface area contributed by atoms with E-state index in [0.717, 1.165) is 0 Å². The first-order chi connectivity index (χ1) is 10.9. The molecule has 0 fully saturated rings. The minimum Gasteiger partial charge on any atom is -0.494 e. The number of anilines is 1. The van der Waals surface area contributed by atoms with E-state index in [1.807, 2.05) is 0 Å². The van der Waals surface area contributed by atoms with Gasteiger partial charge in [-0.25, -0.2) is 4.39 Å². The Morgan fingerprint density at radius 3 is 2.48 bits per heavy atom. The number of amides is 1. The summed E-state index contributed by atoms with van der Waals surface area (Å²) < 4.78 is 18.0. The summed E-state index contributed by atoms with van der Waals surface area (Å²) in [5.41, 5.74) is 0.682. The molecule has 0 unspecified atom stereocenters. The fourth-order valence-corrected chi connectivity index (χ4v) is 2.58. The van der Waals surface area contributed by atoms with E-state index in [2.05, 4.69) is 10.6 Å². The maximum Gasteiger partial charge on any atom is 0.261 e. The van der Waals surface area contributed by atoms with Crippen LogP contribution in [0.5, 0.6) is 5.75 Å². The van der Waals surface area contributed by atoms with Crippen LogP contribution < -0.4 is 15.4 Å². The van der Waals surface area contributed by atoms with Gasteiger partial charge < -0.3 is 10.1 Å². The topological polar surface area (TPSA) is 50.4 Å². The van der Waals surface area contributed by atoms with Crippen LogP contribution >= 0.6 is 35.4 Å². The molecule has 2 aromatic carbocycles. The molecule has 0 aliphatic carbocycles. The van der Waals surface area contributed by atoms with Gasteiger partial charge in [0.25, 0.3) is 5.91 Å². The van der Waals surface area contributed by atoms with Crippen molar-refractivity contribution in [1.82, 2.24) is 5.32 Å². The highest BCUT2D eigenvalue weighted by atomic mass is 35.5. The number of benzene rings is 2. The van der Waals surface area contributed by atoms with E-state index in [9.17, 15) is 9.18 Å². The van der Waals surface area contributed by atoms with Crippen LogP contribution in [0.4, 0.5) is 10.1 Å². The van der Waals surface area contributed by atoms with Gasteiger partial charge in [-0.2, -0.15) is 0 Å². The quantitative estimate of drug-likeness (QED) is 0.790. The third-order valence-corrected chi connectivity index (χ3v) is 3.49. The minimum absolute atomic E-state index is 0.0414. The normalized spacial score (nSPS) is 10.1. The van der Waals surface area contributed by atoms with Gasteiger partial charge in [0.2, 0.25) is 0 Å². The summed E-state index contributed by atoms with van der Waals surface area (Å²) in [7, 11) is 1.39. The first kappa shape index (κ1) is 17.5. The van der Waals surface area contributed by atoms with Gasteiger partial charge in [0.05, 0.1) is 17.7 Å². The molecule has 8 heteroatoms. The number of carbonyl (C=O) groups is 1. The number of ether oxygens (including phenoxy) is 1. The van der Waals surface area contributed by atoms with E-state index in [1.165, 1.54) is 43.5 Å². The van der Waals surface area contributed by atoms with Crippen molar-refractivity contribution >= 4 is 52.1 Å². The average molecular weight is 373 g/mol. The summed E-state index contributed by atoms with van der Waals surface area (Å²) in [5.74, 6) is -0.715. The second kappa shape index (κ2) is 7.59. The monoisotopic (exact) mass is 372 g/mol. The molecule has 2 rings (SSSR count). The number of carbonyl (C=O) groups excluding carboxylic acids is 1. The van der Waals surface area contributed by atoms with E-state index >= 15 is 0 Å². The standard InChI is InChI=1S/C15H11Cl2FN2O2S/c1-22-13-11(6-8(16)7-12(13)17)14(21)20-15(23)19-10-4-2-9(18)3-5-10/h2-7H,1H3,(H2,19,20,21,23). The third kappa shape index (κ3) is 4.54. The number of thiocarbonyl (C=S) groups is 1. The van der Waals surface area contributed by atoms with Gasteiger partial charge in [0, 0.05) is 10.7 Å². The lowest BCUT2D eigenvalue weighted by Crippen LogP contribution is -2.34. The number of rotatable bonds is 3. The molecule has 0 saturated heterocycles.